The fourth-order valence-corrected chi connectivity index (χ4v) is 3.07. The van der Waals surface area contributed by atoms with E-state index >= 15 is 0 Å². The molecule has 0 aromatic carbocycles. The second-order valence-electron chi connectivity index (χ2n) is 4.40. The first-order valence-electron chi connectivity index (χ1n) is 6.01. The zero-order chi connectivity index (χ0) is 11.8. The molecule has 96 valence electrons. The Morgan fingerprint density at radius 2 is 2.00 bits per heavy atom. The molecular formula is C11H24O4Si. The molecule has 1 saturated heterocycles. The highest BCUT2D eigenvalue weighted by atomic mass is 28.3. The Kier molecular flexibility index (Phi) is 7.23. The lowest BCUT2D eigenvalue weighted by Gasteiger charge is -2.14. The maximum Gasteiger partial charge on any atom is 0.320 e. The van der Waals surface area contributed by atoms with Gasteiger partial charge in [0.2, 0.25) is 0 Å². The molecule has 16 heavy (non-hydrogen) atoms. The van der Waals surface area contributed by atoms with Crippen LogP contribution in [0.25, 0.3) is 0 Å². The van der Waals surface area contributed by atoms with E-state index < -0.39 is 9.28 Å². The largest absolute Gasteiger partial charge is 0.400 e. The third-order valence-electron chi connectivity index (χ3n) is 2.88. The van der Waals surface area contributed by atoms with Crippen molar-refractivity contribution in [2.24, 2.45) is 5.92 Å². The predicted octanol–water partition coefficient (Wildman–Crippen LogP) is 1.33. The van der Waals surface area contributed by atoms with E-state index in [0.717, 1.165) is 32.3 Å². The van der Waals surface area contributed by atoms with Crippen LogP contribution < -0.4 is 0 Å². The summed E-state index contributed by atoms with van der Waals surface area (Å²) in [5.41, 5.74) is 0. The van der Waals surface area contributed by atoms with Crippen LogP contribution >= 0.6 is 0 Å². The number of hydrogen-bond acceptors (Lipinski definition) is 4. The van der Waals surface area contributed by atoms with Crippen LogP contribution in [-0.2, 0) is 18.3 Å². The van der Waals surface area contributed by atoms with E-state index in [9.17, 15) is 0 Å². The zero-order valence-electron chi connectivity index (χ0n) is 10.6. The third-order valence-corrected chi connectivity index (χ3v) is 4.74. The lowest BCUT2D eigenvalue weighted by Crippen LogP contribution is -2.19. The first-order valence-corrected chi connectivity index (χ1v) is 7.77. The van der Waals surface area contributed by atoms with E-state index in [4.69, 9.17) is 18.3 Å². The predicted molar refractivity (Wildman–Crippen MR) is 64.9 cm³/mol. The van der Waals surface area contributed by atoms with Crippen LogP contribution in [-0.4, -0.2) is 49.4 Å². The molecule has 2 unspecified atom stereocenters. The Hall–Kier alpha value is 0.0569. The van der Waals surface area contributed by atoms with Crippen molar-refractivity contribution in [3.8, 4) is 0 Å². The molecule has 2 atom stereocenters. The fourth-order valence-electron chi connectivity index (χ4n) is 1.56. The summed E-state index contributed by atoms with van der Waals surface area (Å²) in [5, 5.41) is 0. The smallest absolute Gasteiger partial charge is 0.320 e. The molecular weight excluding hydrogens is 224 g/mol. The highest BCUT2D eigenvalue weighted by molar-refractivity contribution is 6.44. The van der Waals surface area contributed by atoms with Gasteiger partial charge in [0.05, 0.1) is 13.2 Å². The second-order valence-corrected chi connectivity index (χ2v) is 6.78. The average Bonchev–Trinajstić information content (AvgIpc) is 3.10. The SMILES string of the molecule is CO[SiH](CCC(C)CCOCC1CO1)OC. The van der Waals surface area contributed by atoms with Crippen molar-refractivity contribution in [2.75, 3.05) is 34.0 Å². The molecule has 1 aliphatic rings. The van der Waals surface area contributed by atoms with E-state index in [0.29, 0.717) is 12.0 Å². The summed E-state index contributed by atoms with van der Waals surface area (Å²) < 4.78 is 21.2. The lowest BCUT2D eigenvalue weighted by atomic mass is 10.1. The van der Waals surface area contributed by atoms with Crippen LogP contribution in [0.5, 0.6) is 0 Å². The van der Waals surface area contributed by atoms with Gasteiger partial charge >= 0.3 is 9.28 Å². The summed E-state index contributed by atoms with van der Waals surface area (Å²) in [5.74, 6) is 0.681. The van der Waals surface area contributed by atoms with Crippen LogP contribution in [0.4, 0.5) is 0 Å². The minimum Gasteiger partial charge on any atom is -0.400 e. The number of ether oxygens (including phenoxy) is 2. The van der Waals surface area contributed by atoms with Gasteiger partial charge in [0.25, 0.3) is 0 Å². The summed E-state index contributed by atoms with van der Waals surface area (Å²) in [7, 11) is 2.12. The standard InChI is InChI=1S/C11H24O4Si/c1-10(5-7-16(12-2)13-3)4-6-14-8-11-9-15-11/h10-11,16H,4-9H2,1-3H3. The average molecular weight is 248 g/mol. The van der Waals surface area contributed by atoms with Gasteiger partial charge in [-0.15, -0.1) is 0 Å². The molecule has 1 heterocycles. The van der Waals surface area contributed by atoms with Crippen LogP contribution in [0.1, 0.15) is 19.8 Å². The highest BCUT2D eigenvalue weighted by Crippen LogP contribution is 2.14. The monoisotopic (exact) mass is 248 g/mol. The Morgan fingerprint density at radius 1 is 1.31 bits per heavy atom. The van der Waals surface area contributed by atoms with Gasteiger partial charge in [0, 0.05) is 20.8 Å². The summed E-state index contributed by atoms with van der Waals surface area (Å²) in [6.07, 6.45) is 2.66. The Morgan fingerprint density at radius 3 is 2.56 bits per heavy atom. The molecule has 0 radical (unpaired) electrons. The van der Waals surface area contributed by atoms with E-state index in [1.165, 1.54) is 6.42 Å². The topological polar surface area (TPSA) is 40.2 Å². The highest BCUT2D eigenvalue weighted by Gasteiger charge is 2.22. The molecule has 0 bridgehead atoms. The Bertz CT molecular complexity index is 171. The Balaban J connectivity index is 1.90. The summed E-state index contributed by atoms with van der Waals surface area (Å²) in [6, 6.07) is 1.08. The van der Waals surface area contributed by atoms with Crippen molar-refractivity contribution in [3.05, 3.63) is 0 Å². The van der Waals surface area contributed by atoms with Crippen LogP contribution in [0.3, 0.4) is 0 Å². The molecule has 1 fully saturated rings. The molecule has 1 aliphatic heterocycles. The number of hydrogen-bond donors (Lipinski definition) is 0. The molecule has 0 spiro atoms. The van der Waals surface area contributed by atoms with Gasteiger partial charge in [0.1, 0.15) is 6.10 Å². The van der Waals surface area contributed by atoms with E-state index in [1.807, 2.05) is 0 Å². The summed E-state index contributed by atoms with van der Waals surface area (Å²) in [4.78, 5) is 0. The van der Waals surface area contributed by atoms with Crippen molar-refractivity contribution in [3.63, 3.8) is 0 Å². The molecule has 1 rings (SSSR count). The van der Waals surface area contributed by atoms with E-state index in [2.05, 4.69) is 6.92 Å². The summed E-state index contributed by atoms with van der Waals surface area (Å²) in [6.45, 7) is 4.74. The molecule has 0 saturated carbocycles. The van der Waals surface area contributed by atoms with E-state index in [-0.39, 0.29) is 0 Å². The zero-order valence-corrected chi connectivity index (χ0v) is 11.8. The lowest BCUT2D eigenvalue weighted by molar-refractivity contribution is 0.105. The molecule has 0 amide bonds. The van der Waals surface area contributed by atoms with Gasteiger partial charge in [-0.05, 0) is 24.8 Å². The fraction of sp³-hybridized carbons (Fsp3) is 1.00. The van der Waals surface area contributed by atoms with Gasteiger partial charge in [-0.3, -0.25) is 0 Å². The van der Waals surface area contributed by atoms with Crippen LogP contribution in [0.15, 0.2) is 0 Å². The third kappa shape index (κ3) is 6.60. The summed E-state index contributed by atoms with van der Waals surface area (Å²) >= 11 is 0. The van der Waals surface area contributed by atoms with Crippen molar-refractivity contribution < 1.29 is 18.3 Å². The Labute approximate surface area is 100 Å². The van der Waals surface area contributed by atoms with Gasteiger partial charge in [-0.1, -0.05) is 6.92 Å². The molecule has 0 N–H and O–H groups in total. The first kappa shape index (κ1) is 14.1. The molecule has 0 aromatic heterocycles. The number of epoxide rings is 1. The normalized spacial score (nSPS) is 21.4. The quantitative estimate of drug-likeness (QED) is 0.332. The molecule has 5 heteroatoms. The maximum atomic E-state index is 5.51. The van der Waals surface area contributed by atoms with Gasteiger partial charge < -0.3 is 18.3 Å². The molecule has 4 nitrogen and oxygen atoms in total. The molecule has 0 aromatic rings. The number of rotatable bonds is 10. The molecule has 0 aliphatic carbocycles. The van der Waals surface area contributed by atoms with Crippen molar-refractivity contribution in [1.82, 2.24) is 0 Å². The van der Waals surface area contributed by atoms with Gasteiger partial charge in [-0.2, -0.15) is 0 Å². The van der Waals surface area contributed by atoms with Crippen molar-refractivity contribution in [2.45, 2.75) is 31.9 Å². The van der Waals surface area contributed by atoms with Crippen molar-refractivity contribution in [1.29, 1.82) is 0 Å². The second kappa shape index (κ2) is 8.19. The minimum atomic E-state index is -1.36. The van der Waals surface area contributed by atoms with Crippen LogP contribution in [0, 0.1) is 5.92 Å². The van der Waals surface area contributed by atoms with Gasteiger partial charge in [-0.25, -0.2) is 0 Å². The van der Waals surface area contributed by atoms with Crippen molar-refractivity contribution >= 4 is 9.28 Å². The maximum absolute atomic E-state index is 5.51. The van der Waals surface area contributed by atoms with Gasteiger partial charge in [0.15, 0.2) is 0 Å². The van der Waals surface area contributed by atoms with Crippen LogP contribution in [0.2, 0.25) is 6.04 Å². The van der Waals surface area contributed by atoms with E-state index in [1.54, 1.807) is 14.2 Å². The minimum absolute atomic E-state index is 0.383. The first-order chi connectivity index (χ1) is 7.76.